The maximum absolute atomic E-state index is 13.0. The molecule has 3 aromatic rings. The number of ether oxygens (including phenoxy) is 1. The number of aromatic amines is 1. The molecule has 1 aromatic carbocycles. The van der Waals surface area contributed by atoms with Crippen LogP contribution in [0.25, 0.3) is 22.4 Å². The zero-order valence-corrected chi connectivity index (χ0v) is 19.4. The van der Waals surface area contributed by atoms with Crippen molar-refractivity contribution in [1.29, 1.82) is 0 Å². The highest BCUT2D eigenvalue weighted by Gasteiger charge is 2.20. The van der Waals surface area contributed by atoms with E-state index in [0.717, 1.165) is 75.5 Å². The Hall–Kier alpha value is -2.71. The van der Waals surface area contributed by atoms with E-state index in [4.69, 9.17) is 9.72 Å². The molecule has 0 radical (unpaired) electrons. The minimum atomic E-state index is -0.203. The second-order valence-electron chi connectivity index (χ2n) is 8.52. The lowest BCUT2D eigenvalue weighted by atomic mass is 10.1. The maximum atomic E-state index is 13.0. The van der Waals surface area contributed by atoms with E-state index in [0.29, 0.717) is 23.5 Å². The molecule has 2 aromatic heterocycles. The number of likely N-dealkylation sites (N-methyl/N-ethyl adjacent to an activating group) is 1. The summed E-state index contributed by atoms with van der Waals surface area (Å²) >= 11 is 0. The average Bonchev–Trinajstić information content (AvgIpc) is 3.16. The molecule has 0 amide bonds. The Kier molecular flexibility index (Phi) is 7.22. The molecule has 0 bridgehead atoms. The summed E-state index contributed by atoms with van der Waals surface area (Å²) < 4.78 is 7.90. The van der Waals surface area contributed by atoms with Crippen LogP contribution in [0.1, 0.15) is 32.4 Å². The first kappa shape index (κ1) is 22.5. The molecule has 32 heavy (non-hydrogen) atoms. The van der Waals surface area contributed by atoms with E-state index in [2.05, 4.69) is 40.8 Å². The first-order valence-electron chi connectivity index (χ1n) is 11.7. The van der Waals surface area contributed by atoms with Crippen molar-refractivity contribution in [3.05, 3.63) is 40.3 Å². The normalized spacial score (nSPS) is 15.5. The lowest BCUT2D eigenvalue weighted by Crippen LogP contribution is -2.45. The van der Waals surface area contributed by atoms with E-state index in [1.54, 1.807) is 0 Å². The zero-order valence-electron chi connectivity index (χ0n) is 19.4. The molecule has 4 rings (SSSR count). The predicted molar refractivity (Wildman–Crippen MR) is 127 cm³/mol. The van der Waals surface area contributed by atoms with Crippen LogP contribution in [0, 0.1) is 0 Å². The molecule has 1 aliphatic heterocycles. The summed E-state index contributed by atoms with van der Waals surface area (Å²) in [5.41, 5.74) is 2.76. The van der Waals surface area contributed by atoms with E-state index in [1.165, 1.54) is 0 Å². The van der Waals surface area contributed by atoms with E-state index >= 15 is 0 Å². The van der Waals surface area contributed by atoms with Gasteiger partial charge in [0.1, 0.15) is 17.1 Å². The van der Waals surface area contributed by atoms with Crippen LogP contribution in [0.5, 0.6) is 5.75 Å². The third kappa shape index (κ3) is 4.86. The van der Waals surface area contributed by atoms with Crippen molar-refractivity contribution in [2.24, 2.45) is 0 Å². The van der Waals surface area contributed by atoms with Gasteiger partial charge < -0.3 is 14.6 Å². The Morgan fingerprint density at radius 3 is 2.56 bits per heavy atom. The molecular formula is C24H34N6O2. The third-order valence-electron chi connectivity index (χ3n) is 6.02. The van der Waals surface area contributed by atoms with E-state index < -0.39 is 0 Å². The van der Waals surface area contributed by atoms with Gasteiger partial charge in [-0.05, 0) is 32.0 Å². The summed E-state index contributed by atoms with van der Waals surface area (Å²) in [4.78, 5) is 25.6. The second kappa shape index (κ2) is 10.3. The van der Waals surface area contributed by atoms with Gasteiger partial charge in [0.05, 0.1) is 24.4 Å². The molecule has 1 saturated heterocycles. The Morgan fingerprint density at radius 1 is 1.03 bits per heavy atom. The summed E-state index contributed by atoms with van der Waals surface area (Å²) in [6.45, 7) is 10.8. The fourth-order valence-electron chi connectivity index (χ4n) is 4.17. The van der Waals surface area contributed by atoms with Crippen LogP contribution in [0.2, 0.25) is 0 Å². The molecule has 0 saturated carbocycles. The molecule has 0 spiro atoms. The third-order valence-corrected chi connectivity index (χ3v) is 6.02. The molecule has 8 heteroatoms. The predicted octanol–water partition coefficient (Wildman–Crippen LogP) is 2.78. The Bertz CT molecular complexity index is 1100. The highest BCUT2D eigenvalue weighted by molar-refractivity contribution is 5.79. The monoisotopic (exact) mass is 438 g/mol. The van der Waals surface area contributed by atoms with Crippen molar-refractivity contribution in [1.82, 2.24) is 29.5 Å². The first-order valence-corrected chi connectivity index (χ1v) is 11.7. The molecule has 1 aliphatic rings. The number of piperazine rings is 1. The second-order valence-corrected chi connectivity index (χ2v) is 8.52. The standard InChI is InChI=1S/C24H34N6O2/c1-4-8-19-21-22(27-30(19)16-15-29-13-11-28(3)12-14-29)24(31)26-23(25-21)18-9-6-7-10-20(18)32-17-5-2/h6-7,9-10H,4-5,8,11-17H2,1-3H3,(H,25,26,31). The topological polar surface area (TPSA) is 79.3 Å². The van der Waals surface area contributed by atoms with Gasteiger partial charge in [0.25, 0.3) is 5.56 Å². The van der Waals surface area contributed by atoms with Gasteiger partial charge in [0.15, 0.2) is 5.52 Å². The first-order chi connectivity index (χ1) is 15.6. The number of aromatic nitrogens is 4. The molecule has 3 heterocycles. The number of hydrogen-bond acceptors (Lipinski definition) is 6. The highest BCUT2D eigenvalue weighted by Crippen LogP contribution is 2.28. The molecule has 1 N–H and O–H groups in total. The van der Waals surface area contributed by atoms with Crippen LogP contribution in [0.4, 0.5) is 0 Å². The molecule has 0 aliphatic carbocycles. The van der Waals surface area contributed by atoms with Gasteiger partial charge in [-0.2, -0.15) is 5.10 Å². The highest BCUT2D eigenvalue weighted by atomic mass is 16.5. The van der Waals surface area contributed by atoms with Crippen LogP contribution in [-0.4, -0.2) is 75.9 Å². The molecule has 0 atom stereocenters. The quantitative estimate of drug-likeness (QED) is 0.553. The van der Waals surface area contributed by atoms with Crippen molar-refractivity contribution < 1.29 is 4.74 Å². The summed E-state index contributed by atoms with van der Waals surface area (Å²) in [7, 11) is 2.16. The number of aryl methyl sites for hydroxylation is 1. The number of fused-ring (bicyclic) bond motifs is 1. The Morgan fingerprint density at radius 2 is 1.81 bits per heavy atom. The zero-order chi connectivity index (χ0) is 22.5. The van der Waals surface area contributed by atoms with Gasteiger partial charge in [-0.15, -0.1) is 0 Å². The molecule has 172 valence electrons. The van der Waals surface area contributed by atoms with Crippen molar-refractivity contribution in [2.45, 2.75) is 39.7 Å². The fourth-order valence-corrected chi connectivity index (χ4v) is 4.17. The van der Waals surface area contributed by atoms with Gasteiger partial charge in [-0.3, -0.25) is 14.4 Å². The smallest absolute Gasteiger partial charge is 0.279 e. The molecule has 8 nitrogen and oxygen atoms in total. The van der Waals surface area contributed by atoms with Gasteiger partial charge in [-0.25, -0.2) is 4.98 Å². The minimum Gasteiger partial charge on any atom is -0.493 e. The summed E-state index contributed by atoms with van der Waals surface area (Å²) in [6, 6.07) is 7.72. The lowest BCUT2D eigenvalue weighted by Gasteiger charge is -2.32. The largest absolute Gasteiger partial charge is 0.493 e. The fraction of sp³-hybridized carbons (Fsp3) is 0.542. The minimum absolute atomic E-state index is 0.203. The van der Waals surface area contributed by atoms with E-state index in [9.17, 15) is 4.79 Å². The van der Waals surface area contributed by atoms with Gasteiger partial charge in [0.2, 0.25) is 0 Å². The number of hydrogen-bond donors (Lipinski definition) is 1. The SMILES string of the molecule is CCCOc1ccccc1-c1nc2c(CCC)n(CCN3CCN(C)CC3)nc2c(=O)[nH]1. The summed E-state index contributed by atoms with van der Waals surface area (Å²) in [5, 5.41) is 4.68. The number of para-hydroxylation sites is 1. The van der Waals surface area contributed by atoms with Gasteiger partial charge in [-0.1, -0.05) is 32.4 Å². The lowest BCUT2D eigenvalue weighted by molar-refractivity contribution is 0.148. The van der Waals surface area contributed by atoms with Crippen LogP contribution in [0.3, 0.4) is 0 Å². The number of nitrogens with one attached hydrogen (secondary N) is 1. The van der Waals surface area contributed by atoms with Crippen LogP contribution in [-0.2, 0) is 13.0 Å². The molecule has 0 unspecified atom stereocenters. The van der Waals surface area contributed by atoms with Crippen LogP contribution >= 0.6 is 0 Å². The Labute approximate surface area is 189 Å². The summed E-state index contributed by atoms with van der Waals surface area (Å²) in [5.74, 6) is 1.27. The summed E-state index contributed by atoms with van der Waals surface area (Å²) in [6.07, 6.45) is 2.72. The van der Waals surface area contributed by atoms with Gasteiger partial charge in [0, 0.05) is 32.7 Å². The number of benzene rings is 1. The van der Waals surface area contributed by atoms with E-state index in [1.807, 2.05) is 28.9 Å². The van der Waals surface area contributed by atoms with Crippen LogP contribution < -0.4 is 10.3 Å². The number of H-pyrrole nitrogens is 1. The van der Waals surface area contributed by atoms with E-state index in [-0.39, 0.29) is 5.56 Å². The van der Waals surface area contributed by atoms with Crippen molar-refractivity contribution in [2.75, 3.05) is 46.4 Å². The molecular weight excluding hydrogens is 404 g/mol. The number of rotatable bonds is 9. The van der Waals surface area contributed by atoms with Crippen LogP contribution in [0.15, 0.2) is 29.1 Å². The van der Waals surface area contributed by atoms with Crippen molar-refractivity contribution in [3.63, 3.8) is 0 Å². The van der Waals surface area contributed by atoms with Crippen molar-refractivity contribution in [3.8, 4) is 17.1 Å². The van der Waals surface area contributed by atoms with Crippen molar-refractivity contribution >= 4 is 11.0 Å². The maximum Gasteiger partial charge on any atom is 0.279 e. The number of nitrogens with zero attached hydrogens (tertiary/aromatic N) is 5. The average molecular weight is 439 g/mol. The Balaban J connectivity index is 1.67. The van der Waals surface area contributed by atoms with Gasteiger partial charge >= 0.3 is 0 Å². The molecule has 1 fully saturated rings.